The van der Waals surface area contributed by atoms with Crippen molar-refractivity contribution in [3.8, 4) is 0 Å². The monoisotopic (exact) mass is 736 g/mol. The lowest BCUT2D eigenvalue weighted by molar-refractivity contribution is -0.338. The van der Waals surface area contributed by atoms with E-state index < -0.39 is 49.0 Å². The van der Waals surface area contributed by atoms with E-state index in [4.69, 9.17) is 42.6 Å². The predicted molar refractivity (Wildman–Crippen MR) is 205 cm³/mol. The highest BCUT2D eigenvalue weighted by Crippen LogP contribution is 2.34. The summed E-state index contributed by atoms with van der Waals surface area (Å²) in [7, 11) is 0. The Morgan fingerprint density at radius 3 is 1.48 bits per heavy atom. The largest absolute Gasteiger partial charge is 0.374 e. The van der Waals surface area contributed by atoms with Gasteiger partial charge in [-0.2, -0.15) is 0 Å². The molecule has 0 spiro atoms. The summed E-state index contributed by atoms with van der Waals surface area (Å²) in [6.07, 6.45) is -1.40. The molecular formula is C45H52O9. The Labute approximate surface area is 319 Å². The fraction of sp³-hybridized carbons (Fsp3) is 0.378. The minimum atomic E-state index is -0.913. The van der Waals surface area contributed by atoms with Gasteiger partial charge in [0, 0.05) is 0 Å². The summed E-state index contributed by atoms with van der Waals surface area (Å²) in [6.45, 7) is 10.7. The SMILES string of the molecule is C=CCO[C@@H]1[C@@H](OCc2ccccc2)[C@H](O[C@H]2[C@@H](OCc3ccccc3)CO[C@@H]2COCc2ccccc2)O[C@H](COCc2ccccc2)[C@H]1OCC=C. The Morgan fingerprint density at radius 1 is 0.500 bits per heavy atom. The molecule has 0 unspecified atom stereocenters. The first kappa shape index (κ1) is 39.7. The third-order valence-electron chi connectivity index (χ3n) is 9.28. The Balaban J connectivity index is 1.27. The molecule has 54 heavy (non-hydrogen) atoms. The molecule has 4 aromatic carbocycles. The number of hydrogen-bond acceptors (Lipinski definition) is 9. The molecule has 2 fully saturated rings. The van der Waals surface area contributed by atoms with Crippen molar-refractivity contribution in [1.82, 2.24) is 0 Å². The average Bonchev–Trinajstić information content (AvgIpc) is 3.60. The molecule has 0 aliphatic carbocycles. The third-order valence-corrected chi connectivity index (χ3v) is 9.28. The smallest absolute Gasteiger partial charge is 0.187 e. The van der Waals surface area contributed by atoms with Crippen LogP contribution >= 0.6 is 0 Å². The van der Waals surface area contributed by atoms with Gasteiger partial charge in [-0.1, -0.05) is 133 Å². The van der Waals surface area contributed by atoms with Crippen molar-refractivity contribution in [3.05, 3.63) is 169 Å². The van der Waals surface area contributed by atoms with Crippen molar-refractivity contribution in [1.29, 1.82) is 0 Å². The summed E-state index contributed by atoms with van der Waals surface area (Å²) < 4.78 is 58.8. The van der Waals surface area contributed by atoms with E-state index in [1.807, 2.05) is 121 Å². The number of rotatable bonds is 22. The number of benzene rings is 4. The molecule has 2 aliphatic rings. The summed E-state index contributed by atoms with van der Waals surface area (Å²) in [5.41, 5.74) is 4.17. The van der Waals surface area contributed by atoms with Crippen LogP contribution in [0.15, 0.2) is 147 Å². The van der Waals surface area contributed by atoms with E-state index in [1.54, 1.807) is 12.2 Å². The Morgan fingerprint density at radius 2 is 0.963 bits per heavy atom. The topological polar surface area (TPSA) is 83.1 Å². The molecule has 0 radical (unpaired) electrons. The van der Waals surface area contributed by atoms with E-state index in [2.05, 4.69) is 13.2 Å². The second kappa shape index (κ2) is 21.8. The first-order valence-electron chi connectivity index (χ1n) is 18.6. The van der Waals surface area contributed by atoms with Gasteiger partial charge < -0.3 is 42.6 Å². The second-order valence-corrected chi connectivity index (χ2v) is 13.3. The van der Waals surface area contributed by atoms with Crippen LogP contribution in [-0.2, 0) is 69.1 Å². The molecule has 0 saturated carbocycles. The minimum Gasteiger partial charge on any atom is -0.374 e. The standard InChI is InChI=1S/C45H52O9/c1-3-25-48-42-40(32-47-28-35-19-11-6-12-20-35)53-45(44(43(42)49-26-4-2)52-30-37-23-15-8-16-24-37)54-41-38(31-46-27-34-17-9-5-10-18-34)51-33-39(41)50-29-36-21-13-7-14-22-36/h3-24,38-45H,1-2,25-33H2/t38-,39+,40-,41-,42-,43+,44-,45+/m1/s1. The van der Waals surface area contributed by atoms with Crippen molar-refractivity contribution in [3.63, 3.8) is 0 Å². The van der Waals surface area contributed by atoms with Crippen LogP contribution in [0.5, 0.6) is 0 Å². The number of ether oxygens (including phenoxy) is 9. The van der Waals surface area contributed by atoms with Crippen LogP contribution < -0.4 is 0 Å². The minimum absolute atomic E-state index is 0.217. The van der Waals surface area contributed by atoms with E-state index in [-0.39, 0.29) is 26.4 Å². The normalized spacial score (nSPS) is 25.3. The predicted octanol–water partition coefficient (Wildman–Crippen LogP) is 7.24. The lowest BCUT2D eigenvalue weighted by Crippen LogP contribution is -2.63. The molecular weight excluding hydrogens is 684 g/mol. The molecule has 2 saturated heterocycles. The van der Waals surface area contributed by atoms with E-state index in [0.717, 1.165) is 22.3 Å². The van der Waals surface area contributed by atoms with Crippen molar-refractivity contribution < 1.29 is 42.6 Å². The van der Waals surface area contributed by atoms with E-state index in [0.29, 0.717) is 33.0 Å². The summed E-state index contributed by atoms with van der Waals surface area (Å²) in [5, 5.41) is 0. The summed E-state index contributed by atoms with van der Waals surface area (Å²) >= 11 is 0. The van der Waals surface area contributed by atoms with Gasteiger partial charge in [0.25, 0.3) is 0 Å². The van der Waals surface area contributed by atoms with Crippen molar-refractivity contribution in [2.24, 2.45) is 0 Å². The maximum atomic E-state index is 7.01. The first-order chi connectivity index (χ1) is 26.7. The Hall–Kier alpha value is -4.00. The zero-order valence-corrected chi connectivity index (χ0v) is 30.8. The van der Waals surface area contributed by atoms with Crippen molar-refractivity contribution in [2.75, 3.05) is 33.0 Å². The van der Waals surface area contributed by atoms with Crippen LogP contribution in [0.3, 0.4) is 0 Å². The Bertz CT molecular complexity index is 1620. The molecule has 0 amide bonds. The van der Waals surface area contributed by atoms with Gasteiger partial charge in [-0.15, -0.1) is 13.2 Å². The van der Waals surface area contributed by atoms with Crippen LogP contribution in [-0.4, -0.2) is 82.1 Å². The number of hydrogen-bond donors (Lipinski definition) is 0. The molecule has 0 N–H and O–H groups in total. The maximum absolute atomic E-state index is 7.01. The highest BCUT2D eigenvalue weighted by molar-refractivity contribution is 5.16. The van der Waals surface area contributed by atoms with E-state index in [1.165, 1.54) is 0 Å². The van der Waals surface area contributed by atoms with Gasteiger partial charge in [0.1, 0.15) is 42.7 Å². The van der Waals surface area contributed by atoms with Crippen LogP contribution in [0.2, 0.25) is 0 Å². The lowest BCUT2D eigenvalue weighted by atomic mass is 9.97. The first-order valence-corrected chi connectivity index (χ1v) is 18.6. The fourth-order valence-corrected chi connectivity index (χ4v) is 6.59. The highest BCUT2D eigenvalue weighted by Gasteiger charge is 2.51. The Kier molecular flexibility index (Phi) is 16.0. The molecule has 9 heteroatoms. The van der Waals surface area contributed by atoms with Crippen LogP contribution in [0.25, 0.3) is 0 Å². The van der Waals surface area contributed by atoms with Crippen LogP contribution in [0.1, 0.15) is 22.3 Å². The van der Waals surface area contributed by atoms with Gasteiger partial charge in [-0.3, -0.25) is 0 Å². The van der Waals surface area contributed by atoms with Crippen LogP contribution in [0.4, 0.5) is 0 Å². The van der Waals surface area contributed by atoms with E-state index in [9.17, 15) is 0 Å². The molecule has 2 aliphatic heterocycles. The quantitative estimate of drug-likeness (QED) is 0.0776. The second-order valence-electron chi connectivity index (χ2n) is 13.3. The van der Waals surface area contributed by atoms with Crippen LogP contribution in [0, 0.1) is 0 Å². The molecule has 9 nitrogen and oxygen atoms in total. The van der Waals surface area contributed by atoms with Gasteiger partial charge in [0.15, 0.2) is 6.29 Å². The molecule has 8 atom stereocenters. The van der Waals surface area contributed by atoms with Gasteiger partial charge in [0.2, 0.25) is 0 Å². The molecule has 2 heterocycles. The summed E-state index contributed by atoms with van der Waals surface area (Å²) in [5.74, 6) is 0. The van der Waals surface area contributed by atoms with E-state index >= 15 is 0 Å². The van der Waals surface area contributed by atoms with Gasteiger partial charge >= 0.3 is 0 Å². The zero-order chi connectivity index (χ0) is 37.2. The lowest BCUT2D eigenvalue weighted by Gasteiger charge is -2.46. The molecule has 0 aromatic heterocycles. The molecule has 4 aromatic rings. The zero-order valence-electron chi connectivity index (χ0n) is 30.8. The van der Waals surface area contributed by atoms with Gasteiger partial charge in [-0.25, -0.2) is 0 Å². The van der Waals surface area contributed by atoms with Gasteiger partial charge in [-0.05, 0) is 22.3 Å². The summed E-state index contributed by atoms with van der Waals surface area (Å²) in [4.78, 5) is 0. The maximum Gasteiger partial charge on any atom is 0.187 e. The van der Waals surface area contributed by atoms with Gasteiger partial charge in [0.05, 0.1) is 59.5 Å². The molecule has 0 bridgehead atoms. The third kappa shape index (κ3) is 11.7. The average molecular weight is 737 g/mol. The fourth-order valence-electron chi connectivity index (χ4n) is 6.59. The highest BCUT2D eigenvalue weighted by atomic mass is 16.7. The molecule has 286 valence electrons. The van der Waals surface area contributed by atoms with Crippen molar-refractivity contribution in [2.45, 2.75) is 75.4 Å². The summed E-state index contributed by atoms with van der Waals surface area (Å²) in [6, 6.07) is 40.1. The molecule has 6 rings (SSSR count). The van der Waals surface area contributed by atoms with Crippen molar-refractivity contribution >= 4 is 0 Å².